The zero-order valence-electron chi connectivity index (χ0n) is 9.22. The van der Waals surface area contributed by atoms with Crippen molar-refractivity contribution in [2.24, 2.45) is 11.8 Å². The Hall–Kier alpha value is -0.550. The van der Waals surface area contributed by atoms with Crippen molar-refractivity contribution in [1.82, 2.24) is 4.90 Å². The molecule has 1 aliphatic heterocycles. The van der Waals surface area contributed by atoms with Gasteiger partial charge in [0, 0.05) is 5.75 Å². The fourth-order valence-electron chi connectivity index (χ4n) is 2.60. The number of nitrogens with zero attached hydrogens (tertiary/aromatic N) is 1. The molecule has 4 nitrogen and oxygen atoms in total. The first-order valence-corrected chi connectivity index (χ1v) is 6.42. The molecule has 0 bridgehead atoms. The summed E-state index contributed by atoms with van der Waals surface area (Å²) in [7, 11) is 0. The number of hydrogen-bond donors (Lipinski definition) is 1. The van der Waals surface area contributed by atoms with Crippen LogP contribution in [0.15, 0.2) is 0 Å². The van der Waals surface area contributed by atoms with Crippen LogP contribution in [-0.4, -0.2) is 42.2 Å². The van der Waals surface area contributed by atoms with Gasteiger partial charge in [0.1, 0.15) is 0 Å². The Morgan fingerprint density at radius 3 is 2.38 bits per heavy atom. The number of amides is 2. The van der Waals surface area contributed by atoms with Crippen LogP contribution in [0.2, 0.25) is 0 Å². The highest BCUT2D eigenvalue weighted by atomic mass is 32.1. The molecule has 0 aromatic rings. The topological polar surface area (TPSA) is 46.6 Å². The van der Waals surface area contributed by atoms with E-state index in [0.29, 0.717) is 25.5 Å². The first-order chi connectivity index (χ1) is 7.75. The third kappa shape index (κ3) is 2.11. The highest BCUT2D eigenvalue weighted by Crippen LogP contribution is 2.39. The van der Waals surface area contributed by atoms with E-state index in [0.717, 1.165) is 19.3 Å². The molecule has 1 saturated carbocycles. The molecular weight excluding hydrogens is 226 g/mol. The smallest absolute Gasteiger partial charge is 0.233 e. The van der Waals surface area contributed by atoms with Crippen molar-refractivity contribution >= 4 is 24.4 Å². The number of likely N-dealkylation sites (tertiary alicyclic amines) is 1. The maximum Gasteiger partial charge on any atom is 0.233 e. The minimum absolute atomic E-state index is 0.0157. The molecular formula is C11H17NO3S. The molecule has 1 aliphatic carbocycles. The summed E-state index contributed by atoms with van der Waals surface area (Å²) >= 11 is 4.02. The highest BCUT2D eigenvalue weighted by Gasteiger charge is 2.49. The Labute approximate surface area is 101 Å². The third-order valence-electron chi connectivity index (χ3n) is 3.38. The van der Waals surface area contributed by atoms with E-state index in [9.17, 15) is 9.59 Å². The van der Waals surface area contributed by atoms with E-state index in [1.807, 2.05) is 0 Å². The Kier molecular flexibility index (Phi) is 3.86. The summed E-state index contributed by atoms with van der Waals surface area (Å²) in [5, 5.41) is 0. The normalized spacial score (nSPS) is 28.9. The quantitative estimate of drug-likeness (QED) is 0.439. The molecule has 2 atom stereocenters. The molecule has 5 heteroatoms. The van der Waals surface area contributed by atoms with Crippen LogP contribution in [0.1, 0.15) is 19.3 Å². The third-order valence-corrected chi connectivity index (χ3v) is 3.56. The lowest BCUT2D eigenvalue weighted by molar-refractivity contribution is -0.141. The van der Waals surface area contributed by atoms with Gasteiger partial charge in [-0.15, -0.1) is 0 Å². The van der Waals surface area contributed by atoms with E-state index in [1.165, 1.54) is 4.90 Å². The van der Waals surface area contributed by atoms with Crippen LogP contribution in [0.25, 0.3) is 0 Å². The van der Waals surface area contributed by atoms with Crippen LogP contribution in [0, 0.1) is 11.8 Å². The van der Waals surface area contributed by atoms with Gasteiger partial charge in [0.05, 0.1) is 31.6 Å². The van der Waals surface area contributed by atoms with Gasteiger partial charge in [0.2, 0.25) is 11.8 Å². The predicted octanol–water partition coefficient (Wildman–Crippen LogP) is 0.718. The molecule has 2 unspecified atom stereocenters. The molecule has 2 rings (SSSR count). The van der Waals surface area contributed by atoms with E-state index >= 15 is 0 Å². The number of fused-ring (bicyclic) bond motifs is 1. The molecule has 0 aromatic heterocycles. The van der Waals surface area contributed by atoms with Gasteiger partial charge in [-0.25, -0.2) is 0 Å². The molecule has 0 spiro atoms. The Morgan fingerprint density at radius 2 is 1.81 bits per heavy atom. The lowest BCUT2D eigenvalue weighted by Gasteiger charge is -2.15. The monoisotopic (exact) mass is 243 g/mol. The van der Waals surface area contributed by atoms with Crippen molar-refractivity contribution in [2.75, 3.05) is 25.5 Å². The first-order valence-electron chi connectivity index (χ1n) is 5.79. The van der Waals surface area contributed by atoms with Crippen molar-refractivity contribution in [3.05, 3.63) is 0 Å². The van der Waals surface area contributed by atoms with Crippen LogP contribution < -0.4 is 0 Å². The first kappa shape index (κ1) is 11.9. The van der Waals surface area contributed by atoms with E-state index in [1.54, 1.807) is 0 Å². The van der Waals surface area contributed by atoms with Gasteiger partial charge in [0.15, 0.2) is 0 Å². The summed E-state index contributed by atoms with van der Waals surface area (Å²) in [6.45, 7) is 1.39. The molecule has 0 aromatic carbocycles. The van der Waals surface area contributed by atoms with E-state index < -0.39 is 0 Å². The number of imide groups is 1. The van der Waals surface area contributed by atoms with E-state index in [4.69, 9.17) is 4.74 Å². The van der Waals surface area contributed by atoms with Crippen LogP contribution in [0.3, 0.4) is 0 Å². The lowest BCUT2D eigenvalue weighted by atomic mass is 10.00. The minimum atomic E-state index is -0.0302. The van der Waals surface area contributed by atoms with Crippen LogP contribution >= 0.6 is 12.6 Å². The molecule has 1 heterocycles. The van der Waals surface area contributed by atoms with E-state index in [-0.39, 0.29) is 23.7 Å². The van der Waals surface area contributed by atoms with Gasteiger partial charge >= 0.3 is 0 Å². The molecule has 2 amide bonds. The molecule has 2 aliphatic rings. The number of carbonyl (C=O) groups excluding carboxylic acids is 2. The molecule has 90 valence electrons. The summed E-state index contributed by atoms with van der Waals surface area (Å²) in [6, 6.07) is 0. The second-order valence-electron chi connectivity index (χ2n) is 4.31. The van der Waals surface area contributed by atoms with Crippen molar-refractivity contribution in [3.8, 4) is 0 Å². The van der Waals surface area contributed by atoms with Gasteiger partial charge in [0.25, 0.3) is 0 Å². The Morgan fingerprint density at radius 1 is 1.19 bits per heavy atom. The van der Waals surface area contributed by atoms with Gasteiger partial charge in [-0.05, 0) is 12.8 Å². The summed E-state index contributed by atoms with van der Waals surface area (Å²) in [5.41, 5.74) is 0. The maximum absolute atomic E-state index is 11.9. The predicted molar refractivity (Wildman–Crippen MR) is 62.2 cm³/mol. The van der Waals surface area contributed by atoms with Crippen LogP contribution in [-0.2, 0) is 14.3 Å². The SMILES string of the molecule is O=C1C2CCCC2C(=O)N1CCOCCS. The van der Waals surface area contributed by atoms with Gasteiger partial charge in [-0.2, -0.15) is 12.6 Å². The molecule has 2 fully saturated rings. The average Bonchev–Trinajstić information content (AvgIpc) is 2.83. The molecule has 0 radical (unpaired) electrons. The highest BCUT2D eigenvalue weighted by molar-refractivity contribution is 7.80. The molecule has 1 saturated heterocycles. The fourth-order valence-corrected chi connectivity index (χ4v) is 2.73. The fraction of sp³-hybridized carbons (Fsp3) is 0.818. The zero-order valence-corrected chi connectivity index (χ0v) is 10.1. The summed E-state index contributed by atoms with van der Waals surface area (Å²) in [4.78, 5) is 25.2. The van der Waals surface area contributed by atoms with Gasteiger partial charge in [-0.3, -0.25) is 14.5 Å². The summed E-state index contributed by atoms with van der Waals surface area (Å²) in [6.07, 6.45) is 2.77. The minimum Gasteiger partial charge on any atom is -0.379 e. The van der Waals surface area contributed by atoms with Crippen LogP contribution in [0.5, 0.6) is 0 Å². The van der Waals surface area contributed by atoms with Crippen molar-refractivity contribution in [2.45, 2.75) is 19.3 Å². The molecule has 0 N–H and O–H groups in total. The number of carbonyl (C=O) groups is 2. The maximum atomic E-state index is 11.9. The largest absolute Gasteiger partial charge is 0.379 e. The Balaban J connectivity index is 1.86. The number of hydrogen-bond acceptors (Lipinski definition) is 4. The second-order valence-corrected chi connectivity index (χ2v) is 4.76. The van der Waals surface area contributed by atoms with Gasteiger partial charge < -0.3 is 4.74 Å². The lowest BCUT2D eigenvalue weighted by Crippen LogP contribution is -2.34. The van der Waals surface area contributed by atoms with Gasteiger partial charge in [-0.1, -0.05) is 6.42 Å². The van der Waals surface area contributed by atoms with Crippen molar-refractivity contribution in [1.29, 1.82) is 0 Å². The average molecular weight is 243 g/mol. The second kappa shape index (κ2) is 5.19. The summed E-state index contributed by atoms with van der Waals surface area (Å²) < 4.78 is 5.24. The number of ether oxygens (including phenoxy) is 1. The summed E-state index contributed by atoms with van der Waals surface area (Å²) in [5.74, 6) is 0.631. The van der Waals surface area contributed by atoms with Crippen molar-refractivity contribution in [3.63, 3.8) is 0 Å². The van der Waals surface area contributed by atoms with Crippen LogP contribution in [0.4, 0.5) is 0 Å². The zero-order chi connectivity index (χ0) is 11.5. The molecule has 16 heavy (non-hydrogen) atoms. The standard InChI is InChI=1S/C11H17NO3S/c13-10-8-2-1-3-9(8)11(14)12(10)4-5-15-6-7-16/h8-9,16H,1-7H2. The Bertz CT molecular complexity index is 273. The van der Waals surface area contributed by atoms with Crippen molar-refractivity contribution < 1.29 is 14.3 Å². The number of rotatable bonds is 5. The number of thiol groups is 1. The van der Waals surface area contributed by atoms with E-state index in [2.05, 4.69) is 12.6 Å².